The number of benzene rings is 1. The number of H-pyrrole nitrogens is 1. The number of thiazole rings is 1. The molecule has 3 nitrogen and oxygen atoms in total. The van der Waals surface area contributed by atoms with E-state index >= 15 is 0 Å². The van der Waals surface area contributed by atoms with E-state index in [4.69, 9.17) is 35.4 Å². The molecular weight excluding hydrogens is 333 g/mol. The Labute approximate surface area is 135 Å². The van der Waals surface area contributed by atoms with Crippen LogP contribution in [0.2, 0.25) is 10.0 Å². The van der Waals surface area contributed by atoms with E-state index in [0.717, 1.165) is 22.6 Å². The Hall–Kier alpha value is -0.880. The van der Waals surface area contributed by atoms with Gasteiger partial charge in [0.25, 0.3) is 0 Å². The summed E-state index contributed by atoms with van der Waals surface area (Å²) in [4.78, 5) is 7.52. The lowest BCUT2D eigenvalue weighted by Crippen LogP contribution is -2.06. The quantitative estimate of drug-likeness (QED) is 0.657. The third kappa shape index (κ3) is 2.51. The second kappa shape index (κ2) is 5.48. The molecule has 2 aromatic heterocycles. The maximum atomic E-state index is 6.10. The Bertz CT molecular complexity index is 805. The van der Waals surface area contributed by atoms with Gasteiger partial charge in [0, 0.05) is 24.0 Å². The third-order valence-electron chi connectivity index (χ3n) is 3.15. The average Bonchev–Trinajstić information content (AvgIpc) is 3.01. The number of aromatic amines is 1. The van der Waals surface area contributed by atoms with Gasteiger partial charge in [0.15, 0.2) is 4.77 Å². The lowest BCUT2D eigenvalue weighted by atomic mass is 10.2. The highest BCUT2D eigenvalue weighted by Crippen LogP contribution is 2.29. The van der Waals surface area contributed by atoms with Crippen LogP contribution in [0.3, 0.4) is 0 Å². The third-order valence-corrected chi connectivity index (χ3v) is 5.20. The number of imidazole rings is 1. The maximum Gasteiger partial charge on any atom is 0.178 e. The summed E-state index contributed by atoms with van der Waals surface area (Å²) in [6.07, 6.45) is 1.82. The molecule has 1 atom stereocenters. The van der Waals surface area contributed by atoms with E-state index in [2.05, 4.69) is 16.9 Å². The van der Waals surface area contributed by atoms with E-state index in [1.54, 1.807) is 17.4 Å². The summed E-state index contributed by atoms with van der Waals surface area (Å²) in [6.45, 7) is 2.89. The highest BCUT2D eigenvalue weighted by Gasteiger charge is 2.13. The van der Waals surface area contributed by atoms with Crippen LogP contribution in [-0.2, 0) is 6.54 Å². The highest BCUT2D eigenvalue weighted by molar-refractivity contribution is 7.71. The van der Waals surface area contributed by atoms with Crippen LogP contribution in [0.25, 0.3) is 11.0 Å². The first-order valence-electron chi connectivity index (χ1n) is 6.03. The van der Waals surface area contributed by atoms with Crippen molar-refractivity contribution in [1.82, 2.24) is 14.5 Å². The number of halogens is 2. The molecule has 3 rings (SSSR count). The lowest BCUT2D eigenvalue weighted by molar-refractivity contribution is 0.602. The Balaban J connectivity index is 2.05. The highest BCUT2D eigenvalue weighted by atomic mass is 35.5. The summed E-state index contributed by atoms with van der Waals surface area (Å²) < 4.78 is 2.71. The summed E-state index contributed by atoms with van der Waals surface area (Å²) in [5.74, 6) is 0.287. The van der Waals surface area contributed by atoms with Crippen molar-refractivity contribution in [2.75, 3.05) is 0 Å². The smallest absolute Gasteiger partial charge is 0.178 e. The molecule has 20 heavy (non-hydrogen) atoms. The maximum absolute atomic E-state index is 6.10. The lowest BCUT2D eigenvalue weighted by Gasteiger charge is -2.10. The van der Waals surface area contributed by atoms with Crippen LogP contribution in [0.4, 0.5) is 0 Å². The van der Waals surface area contributed by atoms with Crippen LogP contribution < -0.4 is 0 Å². The summed E-state index contributed by atoms with van der Waals surface area (Å²) in [5, 5.41) is 4.14. The number of fused-ring (bicyclic) bond motifs is 1. The Kier molecular flexibility index (Phi) is 3.86. The van der Waals surface area contributed by atoms with Crippen molar-refractivity contribution in [3.63, 3.8) is 0 Å². The molecule has 3 aromatic rings. The molecule has 0 saturated carbocycles. The van der Waals surface area contributed by atoms with E-state index in [1.807, 2.05) is 22.2 Å². The molecule has 2 heterocycles. The normalized spacial score (nSPS) is 12.9. The molecule has 0 aliphatic heterocycles. The van der Waals surface area contributed by atoms with Crippen LogP contribution in [0.1, 0.15) is 17.8 Å². The zero-order valence-electron chi connectivity index (χ0n) is 10.6. The first-order chi connectivity index (χ1) is 9.56. The number of hydrogen-bond acceptors (Lipinski definition) is 3. The van der Waals surface area contributed by atoms with Gasteiger partial charge in [-0.2, -0.15) is 0 Å². The number of hydrogen-bond donors (Lipinski definition) is 1. The Morgan fingerprint density at radius 3 is 2.85 bits per heavy atom. The topological polar surface area (TPSA) is 33.6 Å². The van der Waals surface area contributed by atoms with Gasteiger partial charge in [0.1, 0.15) is 0 Å². The van der Waals surface area contributed by atoms with Crippen LogP contribution in [0, 0.1) is 4.77 Å². The molecule has 1 unspecified atom stereocenters. The largest absolute Gasteiger partial charge is 0.331 e. The predicted octanol–water partition coefficient (Wildman–Crippen LogP) is 5.27. The van der Waals surface area contributed by atoms with Crippen LogP contribution in [0.5, 0.6) is 0 Å². The van der Waals surface area contributed by atoms with Crippen LogP contribution in [0.15, 0.2) is 23.7 Å². The molecule has 1 aromatic carbocycles. The van der Waals surface area contributed by atoms with Gasteiger partial charge >= 0.3 is 0 Å². The molecule has 0 spiro atoms. The minimum Gasteiger partial charge on any atom is -0.331 e. The fourth-order valence-electron chi connectivity index (χ4n) is 2.16. The van der Waals surface area contributed by atoms with Gasteiger partial charge in [0.2, 0.25) is 0 Å². The molecule has 0 aliphatic rings. The van der Waals surface area contributed by atoms with Gasteiger partial charge in [-0.05, 0) is 24.4 Å². The van der Waals surface area contributed by atoms with Gasteiger partial charge in [0.05, 0.1) is 26.1 Å². The fraction of sp³-hybridized carbons (Fsp3) is 0.231. The second-order valence-corrected chi connectivity index (χ2v) is 6.72. The molecule has 104 valence electrons. The SMILES string of the molecule is CC(Cn1c(=S)[nH]c2cc(Cl)c(Cl)cc21)c1nccs1. The number of nitrogens with one attached hydrogen (secondary N) is 1. The zero-order valence-corrected chi connectivity index (χ0v) is 13.7. The van der Waals surface area contributed by atoms with Crippen LogP contribution in [-0.4, -0.2) is 14.5 Å². The number of aromatic nitrogens is 3. The van der Waals surface area contributed by atoms with Crippen LogP contribution >= 0.6 is 46.8 Å². The van der Waals surface area contributed by atoms with Gasteiger partial charge < -0.3 is 9.55 Å². The van der Waals surface area contributed by atoms with Gasteiger partial charge in [-0.1, -0.05) is 30.1 Å². The van der Waals surface area contributed by atoms with Crippen molar-refractivity contribution in [3.8, 4) is 0 Å². The zero-order chi connectivity index (χ0) is 14.3. The summed E-state index contributed by atoms with van der Waals surface area (Å²) in [7, 11) is 0. The minimum absolute atomic E-state index is 0.287. The molecule has 7 heteroatoms. The molecule has 0 aliphatic carbocycles. The molecule has 1 N–H and O–H groups in total. The first-order valence-corrected chi connectivity index (χ1v) is 8.07. The standard InChI is InChI=1S/C13H11Cl2N3S2/c1-7(12-16-2-3-20-12)6-18-11-5-9(15)8(14)4-10(11)17-13(18)19/h2-5,7H,6H2,1H3,(H,17,19). The molecule has 0 bridgehead atoms. The van der Waals surface area contributed by atoms with Gasteiger partial charge in [-0.25, -0.2) is 4.98 Å². The fourth-order valence-corrected chi connectivity index (χ4v) is 3.46. The van der Waals surface area contributed by atoms with Crippen molar-refractivity contribution < 1.29 is 0 Å². The summed E-state index contributed by atoms with van der Waals surface area (Å²) in [5.41, 5.74) is 1.86. The van der Waals surface area contributed by atoms with E-state index in [0.29, 0.717) is 14.8 Å². The Morgan fingerprint density at radius 1 is 1.40 bits per heavy atom. The molecule has 0 amide bonds. The molecule has 0 radical (unpaired) electrons. The van der Waals surface area contributed by atoms with E-state index < -0.39 is 0 Å². The first kappa shape index (κ1) is 14.1. The van der Waals surface area contributed by atoms with E-state index in [-0.39, 0.29) is 5.92 Å². The number of nitrogens with zero attached hydrogens (tertiary/aromatic N) is 2. The summed E-state index contributed by atoms with van der Waals surface area (Å²) >= 11 is 19.2. The second-order valence-electron chi connectivity index (χ2n) is 4.60. The van der Waals surface area contributed by atoms with Crippen molar-refractivity contribution >= 4 is 57.8 Å². The molecular formula is C13H11Cl2N3S2. The minimum atomic E-state index is 0.287. The average molecular weight is 344 g/mol. The van der Waals surface area contributed by atoms with E-state index in [9.17, 15) is 0 Å². The monoisotopic (exact) mass is 343 g/mol. The molecule has 0 fully saturated rings. The number of rotatable bonds is 3. The van der Waals surface area contributed by atoms with Crippen molar-refractivity contribution in [2.24, 2.45) is 0 Å². The molecule has 0 saturated heterocycles. The summed E-state index contributed by atoms with van der Waals surface area (Å²) in [6, 6.07) is 3.65. The van der Waals surface area contributed by atoms with Crippen molar-refractivity contribution in [1.29, 1.82) is 0 Å². The van der Waals surface area contributed by atoms with Gasteiger partial charge in [-0.15, -0.1) is 11.3 Å². The van der Waals surface area contributed by atoms with Gasteiger partial charge in [-0.3, -0.25) is 0 Å². The predicted molar refractivity (Wildman–Crippen MR) is 87.7 cm³/mol. The van der Waals surface area contributed by atoms with Crippen molar-refractivity contribution in [3.05, 3.63) is 43.5 Å². The van der Waals surface area contributed by atoms with Crippen molar-refractivity contribution in [2.45, 2.75) is 19.4 Å². The van der Waals surface area contributed by atoms with E-state index in [1.165, 1.54) is 0 Å². The Morgan fingerprint density at radius 2 is 2.15 bits per heavy atom.